The highest BCUT2D eigenvalue weighted by Crippen LogP contribution is 2.34. The van der Waals surface area contributed by atoms with Gasteiger partial charge in [-0.2, -0.15) is 0 Å². The van der Waals surface area contributed by atoms with Crippen LogP contribution in [0.15, 0.2) is 40.7 Å². The van der Waals surface area contributed by atoms with Gasteiger partial charge in [0.2, 0.25) is 0 Å². The molecule has 0 aromatic heterocycles. The number of carbonyl (C=O) groups is 1. The number of nitro benzene ring substituents is 1. The van der Waals surface area contributed by atoms with E-state index in [1.54, 1.807) is 12.1 Å². The number of allylic oxidation sites excluding steroid dienone is 1. The SMILES string of the molecule is O=C1NC2=C(/C(=N/O)CCC2)C(c2cccc([N+](=O)[O-])c2)N1. The summed E-state index contributed by atoms with van der Waals surface area (Å²) in [6.07, 6.45) is 2.05. The Kier molecular flexibility index (Phi) is 3.50. The zero-order valence-electron chi connectivity index (χ0n) is 11.6. The summed E-state index contributed by atoms with van der Waals surface area (Å²) in [5.74, 6) is 0. The molecule has 0 fully saturated rings. The number of carbonyl (C=O) groups excluding carboxylic acids is 1. The van der Waals surface area contributed by atoms with Crippen LogP contribution in [-0.4, -0.2) is 21.9 Å². The molecule has 2 amide bonds. The summed E-state index contributed by atoms with van der Waals surface area (Å²) in [7, 11) is 0. The van der Waals surface area contributed by atoms with E-state index in [4.69, 9.17) is 0 Å². The zero-order chi connectivity index (χ0) is 15.7. The van der Waals surface area contributed by atoms with Gasteiger partial charge in [0.1, 0.15) is 0 Å². The molecule has 3 N–H and O–H groups in total. The second-order valence-electron chi connectivity index (χ2n) is 5.18. The van der Waals surface area contributed by atoms with Gasteiger partial charge in [-0.25, -0.2) is 4.79 Å². The molecule has 0 saturated heterocycles. The second-order valence-corrected chi connectivity index (χ2v) is 5.18. The van der Waals surface area contributed by atoms with E-state index in [0.717, 1.165) is 6.42 Å². The molecule has 1 aromatic rings. The lowest BCUT2D eigenvalue weighted by molar-refractivity contribution is -0.384. The van der Waals surface area contributed by atoms with Gasteiger partial charge in [0.05, 0.1) is 16.7 Å². The molecule has 1 unspecified atom stereocenters. The number of urea groups is 1. The van der Waals surface area contributed by atoms with E-state index in [9.17, 15) is 20.1 Å². The quantitative estimate of drug-likeness (QED) is 0.441. The topological polar surface area (TPSA) is 117 Å². The largest absolute Gasteiger partial charge is 0.411 e. The number of oxime groups is 1. The number of non-ortho nitro benzene ring substituents is 1. The summed E-state index contributed by atoms with van der Waals surface area (Å²) >= 11 is 0. The number of benzene rings is 1. The zero-order valence-corrected chi connectivity index (χ0v) is 11.6. The average Bonchev–Trinajstić information content (AvgIpc) is 2.53. The van der Waals surface area contributed by atoms with Gasteiger partial charge in [0.25, 0.3) is 5.69 Å². The predicted octanol–water partition coefficient (Wildman–Crippen LogP) is 2.22. The number of nitrogens with zero attached hydrogens (tertiary/aromatic N) is 2. The molecule has 2 aliphatic rings. The second kappa shape index (κ2) is 5.47. The number of nitro groups is 1. The summed E-state index contributed by atoms with van der Waals surface area (Å²) in [6, 6.07) is 5.16. The van der Waals surface area contributed by atoms with E-state index in [1.807, 2.05) is 0 Å². The molecule has 1 atom stereocenters. The van der Waals surface area contributed by atoms with Gasteiger partial charge in [-0.1, -0.05) is 17.3 Å². The summed E-state index contributed by atoms with van der Waals surface area (Å²) in [4.78, 5) is 22.3. The van der Waals surface area contributed by atoms with Crippen LogP contribution in [0.2, 0.25) is 0 Å². The fourth-order valence-corrected chi connectivity index (χ4v) is 2.89. The number of rotatable bonds is 2. The van der Waals surface area contributed by atoms with Gasteiger partial charge in [-0.15, -0.1) is 0 Å². The minimum absolute atomic E-state index is 0.0503. The van der Waals surface area contributed by atoms with E-state index < -0.39 is 11.0 Å². The lowest BCUT2D eigenvalue weighted by Crippen LogP contribution is -2.46. The van der Waals surface area contributed by atoms with E-state index in [-0.39, 0.29) is 11.7 Å². The molecular formula is C14H14N4O4. The maximum absolute atomic E-state index is 11.8. The van der Waals surface area contributed by atoms with E-state index in [1.165, 1.54) is 12.1 Å². The number of nitrogens with one attached hydrogen (secondary N) is 2. The third-order valence-corrected chi connectivity index (χ3v) is 3.84. The molecule has 0 bridgehead atoms. The molecule has 0 spiro atoms. The van der Waals surface area contributed by atoms with Crippen molar-refractivity contribution in [1.29, 1.82) is 0 Å². The molecular weight excluding hydrogens is 288 g/mol. The maximum atomic E-state index is 11.8. The molecule has 1 aromatic carbocycles. The van der Waals surface area contributed by atoms with Crippen molar-refractivity contribution in [2.24, 2.45) is 5.16 Å². The van der Waals surface area contributed by atoms with Crippen molar-refractivity contribution in [3.8, 4) is 0 Å². The van der Waals surface area contributed by atoms with Gasteiger partial charge in [-0.3, -0.25) is 10.1 Å². The smallest absolute Gasteiger partial charge is 0.319 e. The van der Waals surface area contributed by atoms with Gasteiger partial charge >= 0.3 is 6.03 Å². The Balaban J connectivity index is 2.09. The predicted molar refractivity (Wildman–Crippen MR) is 77.6 cm³/mol. The highest BCUT2D eigenvalue weighted by Gasteiger charge is 2.34. The molecule has 3 rings (SSSR count). The minimum atomic E-state index is -0.560. The van der Waals surface area contributed by atoms with E-state index in [2.05, 4.69) is 15.8 Å². The lowest BCUT2D eigenvalue weighted by Gasteiger charge is -2.33. The first kappa shape index (κ1) is 14.1. The summed E-state index contributed by atoms with van der Waals surface area (Å²) in [6.45, 7) is 0. The van der Waals surface area contributed by atoms with Gasteiger partial charge in [0, 0.05) is 23.4 Å². The molecule has 0 radical (unpaired) electrons. The third-order valence-electron chi connectivity index (χ3n) is 3.84. The summed E-state index contributed by atoms with van der Waals surface area (Å²) in [5.41, 5.74) is 2.42. The molecule has 8 heteroatoms. The Morgan fingerprint density at radius 3 is 2.91 bits per heavy atom. The Labute approximate surface area is 125 Å². The van der Waals surface area contributed by atoms with Gasteiger partial charge < -0.3 is 15.8 Å². The highest BCUT2D eigenvalue weighted by atomic mass is 16.6. The van der Waals surface area contributed by atoms with Crippen LogP contribution in [0.5, 0.6) is 0 Å². The van der Waals surface area contributed by atoms with Crippen molar-refractivity contribution in [1.82, 2.24) is 10.6 Å². The van der Waals surface area contributed by atoms with Crippen molar-refractivity contribution in [3.63, 3.8) is 0 Å². The highest BCUT2D eigenvalue weighted by molar-refractivity contribution is 6.04. The standard InChI is InChI=1S/C14H14N4O4/c19-14-15-10-5-2-6-11(17-20)12(10)13(16-14)8-3-1-4-9(7-8)18(21)22/h1,3-4,7,13,20H,2,5-6H2,(H2,15,16,19)/b17-11+. The summed E-state index contributed by atoms with van der Waals surface area (Å²) in [5, 5.41) is 28.9. The van der Waals surface area contributed by atoms with Crippen LogP contribution in [0.1, 0.15) is 30.9 Å². The maximum Gasteiger partial charge on any atom is 0.319 e. The molecule has 0 saturated carbocycles. The first-order chi connectivity index (χ1) is 10.6. The summed E-state index contributed by atoms with van der Waals surface area (Å²) < 4.78 is 0. The molecule has 1 aliphatic heterocycles. The van der Waals surface area contributed by atoms with Gasteiger partial charge in [0.15, 0.2) is 0 Å². The van der Waals surface area contributed by atoms with E-state index >= 15 is 0 Å². The van der Waals surface area contributed by atoms with Gasteiger partial charge in [-0.05, 0) is 24.8 Å². The van der Waals surface area contributed by atoms with Crippen LogP contribution in [-0.2, 0) is 0 Å². The Morgan fingerprint density at radius 1 is 1.36 bits per heavy atom. The minimum Gasteiger partial charge on any atom is -0.411 e. The van der Waals surface area contributed by atoms with Crippen molar-refractivity contribution >= 4 is 17.4 Å². The molecule has 1 aliphatic carbocycles. The fourth-order valence-electron chi connectivity index (χ4n) is 2.89. The van der Waals surface area contributed by atoms with Crippen LogP contribution in [0, 0.1) is 10.1 Å². The van der Waals surface area contributed by atoms with E-state index in [0.29, 0.717) is 35.4 Å². The van der Waals surface area contributed by atoms with Crippen LogP contribution < -0.4 is 10.6 Å². The van der Waals surface area contributed by atoms with Crippen LogP contribution in [0.25, 0.3) is 0 Å². The normalized spacial score (nSPS) is 22.8. The molecule has 22 heavy (non-hydrogen) atoms. The van der Waals surface area contributed by atoms with Crippen LogP contribution in [0.3, 0.4) is 0 Å². The average molecular weight is 302 g/mol. The number of hydrogen-bond acceptors (Lipinski definition) is 5. The molecule has 114 valence electrons. The lowest BCUT2D eigenvalue weighted by atomic mass is 9.85. The first-order valence-electron chi connectivity index (χ1n) is 6.86. The molecule has 8 nitrogen and oxygen atoms in total. The molecule has 1 heterocycles. The fraction of sp³-hybridized carbons (Fsp3) is 0.286. The Bertz CT molecular complexity index is 711. The van der Waals surface area contributed by atoms with Crippen molar-refractivity contribution in [2.75, 3.05) is 0 Å². The number of hydrogen-bond donors (Lipinski definition) is 3. The Morgan fingerprint density at radius 2 is 2.18 bits per heavy atom. The van der Waals surface area contributed by atoms with Crippen LogP contribution >= 0.6 is 0 Å². The Hall–Kier alpha value is -2.90. The van der Waals surface area contributed by atoms with Crippen molar-refractivity contribution in [2.45, 2.75) is 25.3 Å². The monoisotopic (exact) mass is 302 g/mol. The van der Waals surface area contributed by atoms with Crippen molar-refractivity contribution in [3.05, 3.63) is 51.2 Å². The van der Waals surface area contributed by atoms with Crippen LogP contribution in [0.4, 0.5) is 10.5 Å². The third kappa shape index (κ3) is 2.39. The first-order valence-corrected chi connectivity index (χ1v) is 6.86. The number of amides is 2. The van der Waals surface area contributed by atoms with Crippen molar-refractivity contribution < 1.29 is 14.9 Å².